The zero-order chi connectivity index (χ0) is 14.1. The molecule has 0 aliphatic carbocycles. The van der Waals surface area contributed by atoms with Crippen LogP contribution in [0, 0.1) is 0 Å². The van der Waals surface area contributed by atoms with Crippen LogP contribution in [0.15, 0.2) is 24.3 Å². The lowest BCUT2D eigenvalue weighted by Gasteiger charge is -2.14. The molecular formula is C15H23NO3. The first-order valence-electron chi connectivity index (χ1n) is 6.74. The van der Waals surface area contributed by atoms with Gasteiger partial charge in [-0.25, -0.2) is 0 Å². The molecule has 0 saturated heterocycles. The van der Waals surface area contributed by atoms with Gasteiger partial charge in [0.15, 0.2) is 0 Å². The van der Waals surface area contributed by atoms with Gasteiger partial charge in [-0.05, 0) is 26.8 Å². The lowest BCUT2D eigenvalue weighted by molar-refractivity contribution is -0.142. The van der Waals surface area contributed by atoms with Crippen LogP contribution in [-0.4, -0.2) is 25.2 Å². The van der Waals surface area contributed by atoms with Crippen molar-refractivity contribution < 1.29 is 14.3 Å². The number of hydrogen-bond donors (Lipinski definition) is 1. The first kappa shape index (κ1) is 15.5. The van der Waals surface area contributed by atoms with Crippen LogP contribution < -0.4 is 10.1 Å². The normalized spacial score (nSPS) is 10.5. The quantitative estimate of drug-likeness (QED) is 0.579. The van der Waals surface area contributed by atoms with Crippen LogP contribution in [0.2, 0.25) is 0 Å². The van der Waals surface area contributed by atoms with E-state index in [4.69, 9.17) is 9.47 Å². The summed E-state index contributed by atoms with van der Waals surface area (Å²) in [6.07, 6.45) is 0.543. The number of hydrogen-bond acceptors (Lipinski definition) is 4. The van der Waals surface area contributed by atoms with Crippen LogP contribution in [0.1, 0.15) is 32.8 Å². The van der Waals surface area contributed by atoms with Crippen molar-refractivity contribution in [3.63, 3.8) is 0 Å². The fraction of sp³-hybridized carbons (Fsp3) is 0.533. The molecule has 0 saturated carbocycles. The Morgan fingerprint density at radius 2 is 2.05 bits per heavy atom. The van der Waals surface area contributed by atoms with E-state index in [0.29, 0.717) is 26.1 Å². The Hall–Kier alpha value is -1.55. The highest BCUT2D eigenvalue weighted by atomic mass is 16.5. The summed E-state index contributed by atoms with van der Waals surface area (Å²) in [7, 11) is 0. The summed E-state index contributed by atoms with van der Waals surface area (Å²) >= 11 is 0. The second kappa shape index (κ2) is 8.53. The molecule has 0 unspecified atom stereocenters. The van der Waals surface area contributed by atoms with Gasteiger partial charge in [-0.1, -0.05) is 18.2 Å². The van der Waals surface area contributed by atoms with Gasteiger partial charge in [0, 0.05) is 18.7 Å². The molecule has 0 amide bonds. The Bertz CT molecular complexity index is 391. The maximum absolute atomic E-state index is 11.2. The van der Waals surface area contributed by atoms with E-state index in [1.54, 1.807) is 0 Å². The second-order valence-electron chi connectivity index (χ2n) is 4.51. The molecule has 1 aromatic carbocycles. The molecule has 0 aromatic heterocycles. The standard InChI is InChI=1S/C15H23NO3/c1-4-18-15(17)9-10-16-11-13-7-5-6-8-14(13)19-12(2)3/h5-8,12,16H,4,9-11H2,1-3H3. The molecule has 19 heavy (non-hydrogen) atoms. The summed E-state index contributed by atoms with van der Waals surface area (Å²) in [4.78, 5) is 11.2. The first-order valence-corrected chi connectivity index (χ1v) is 6.74. The maximum atomic E-state index is 11.2. The summed E-state index contributed by atoms with van der Waals surface area (Å²) in [6, 6.07) is 7.92. The molecule has 0 radical (unpaired) electrons. The average molecular weight is 265 g/mol. The lowest BCUT2D eigenvalue weighted by atomic mass is 10.2. The molecule has 0 aliphatic heterocycles. The molecule has 4 nitrogen and oxygen atoms in total. The predicted octanol–water partition coefficient (Wildman–Crippen LogP) is 2.52. The molecule has 1 N–H and O–H groups in total. The van der Waals surface area contributed by atoms with E-state index in [2.05, 4.69) is 5.32 Å². The number of carbonyl (C=O) groups is 1. The molecule has 106 valence electrons. The molecule has 0 heterocycles. The molecule has 0 atom stereocenters. The van der Waals surface area contributed by atoms with Gasteiger partial charge in [0.05, 0.1) is 19.1 Å². The van der Waals surface area contributed by atoms with Crippen LogP contribution in [0.4, 0.5) is 0 Å². The minimum Gasteiger partial charge on any atom is -0.491 e. The minimum absolute atomic E-state index is 0.153. The zero-order valence-corrected chi connectivity index (χ0v) is 11.9. The lowest BCUT2D eigenvalue weighted by Crippen LogP contribution is -2.19. The van der Waals surface area contributed by atoms with Gasteiger partial charge < -0.3 is 14.8 Å². The van der Waals surface area contributed by atoms with Crippen LogP contribution in [0.5, 0.6) is 5.75 Å². The van der Waals surface area contributed by atoms with Crippen molar-refractivity contribution in [2.45, 2.75) is 39.8 Å². The highest BCUT2D eigenvalue weighted by Crippen LogP contribution is 2.18. The van der Waals surface area contributed by atoms with Crippen molar-refractivity contribution >= 4 is 5.97 Å². The van der Waals surface area contributed by atoms with E-state index in [1.807, 2.05) is 45.0 Å². The summed E-state index contributed by atoms with van der Waals surface area (Å²) in [5.74, 6) is 0.725. The summed E-state index contributed by atoms with van der Waals surface area (Å²) in [5.41, 5.74) is 1.10. The van der Waals surface area contributed by atoms with E-state index in [-0.39, 0.29) is 12.1 Å². The highest BCUT2D eigenvalue weighted by Gasteiger charge is 2.05. The van der Waals surface area contributed by atoms with Gasteiger partial charge in [0.1, 0.15) is 5.75 Å². The van der Waals surface area contributed by atoms with Crippen LogP contribution in [0.3, 0.4) is 0 Å². The van der Waals surface area contributed by atoms with Gasteiger partial charge >= 0.3 is 5.97 Å². The van der Waals surface area contributed by atoms with Gasteiger partial charge in [0.2, 0.25) is 0 Å². The number of para-hydroxylation sites is 1. The third-order valence-electron chi connectivity index (χ3n) is 2.46. The van der Waals surface area contributed by atoms with Crippen molar-refractivity contribution in [2.75, 3.05) is 13.2 Å². The Labute approximate surface area is 115 Å². The largest absolute Gasteiger partial charge is 0.491 e. The fourth-order valence-corrected chi connectivity index (χ4v) is 1.67. The Morgan fingerprint density at radius 1 is 1.32 bits per heavy atom. The number of rotatable bonds is 8. The summed E-state index contributed by atoms with van der Waals surface area (Å²) in [5, 5.41) is 3.22. The van der Waals surface area contributed by atoms with Crippen molar-refractivity contribution in [1.29, 1.82) is 0 Å². The SMILES string of the molecule is CCOC(=O)CCNCc1ccccc1OC(C)C. The number of carbonyl (C=O) groups excluding carboxylic acids is 1. The Kier molecular flexibility index (Phi) is 6.97. The molecule has 0 bridgehead atoms. The van der Waals surface area contributed by atoms with E-state index in [9.17, 15) is 4.79 Å². The number of benzene rings is 1. The number of ether oxygens (including phenoxy) is 2. The van der Waals surface area contributed by atoms with Crippen molar-refractivity contribution in [3.05, 3.63) is 29.8 Å². The molecule has 1 rings (SSSR count). The van der Waals surface area contributed by atoms with Crippen molar-refractivity contribution in [1.82, 2.24) is 5.32 Å². The van der Waals surface area contributed by atoms with E-state index in [0.717, 1.165) is 11.3 Å². The molecule has 0 fully saturated rings. The highest BCUT2D eigenvalue weighted by molar-refractivity contribution is 5.69. The van der Waals surface area contributed by atoms with Crippen LogP contribution in [-0.2, 0) is 16.1 Å². The zero-order valence-electron chi connectivity index (χ0n) is 11.9. The average Bonchev–Trinajstić information content (AvgIpc) is 2.36. The smallest absolute Gasteiger partial charge is 0.307 e. The van der Waals surface area contributed by atoms with Crippen LogP contribution in [0.25, 0.3) is 0 Å². The van der Waals surface area contributed by atoms with Gasteiger partial charge in [-0.2, -0.15) is 0 Å². The predicted molar refractivity (Wildman–Crippen MR) is 75.2 cm³/mol. The summed E-state index contributed by atoms with van der Waals surface area (Å²) < 4.78 is 10.6. The molecular weight excluding hydrogens is 242 g/mol. The Morgan fingerprint density at radius 3 is 2.74 bits per heavy atom. The van der Waals surface area contributed by atoms with Crippen molar-refractivity contribution in [3.8, 4) is 5.75 Å². The third kappa shape index (κ3) is 6.25. The number of nitrogens with one attached hydrogen (secondary N) is 1. The maximum Gasteiger partial charge on any atom is 0.307 e. The van der Waals surface area contributed by atoms with Crippen LogP contribution >= 0.6 is 0 Å². The van der Waals surface area contributed by atoms with E-state index in [1.165, 1.54) is 0 Å². The van der Waals surface area contributed by atoms with Gasteiger partial charge in [-0.3, -0.25) is 4.79 Å². The second-order valence-corrected chi connectivity index (χ2v) is 4.51. The van der Waals surface area contributed by atoms with Gasteiger partial charge in [0.25, 0.3) is 0 Å². The minimum atomic E-state index is -0.165. The molecule has 4 heteroatoms. The fourth-order valence-electron chi connectivity index (χ4n) is 1.67. The van der Waals surface area contributed by atoms with Gasteiger partial charge in [-0.15, -0.1) is 0 Å². The summed E-state index contributed by atoms with van der Waals surface area (Å²) in [6.45, 7) is 7.54. The van der Waals surface area contributed by atoms with E-state index < -0.39 is 0 Å². The first-order chi connectivity index (χ1) is 9.13. The molecule has 1 aromatic rings. The van der Waals surface area contributed by atoms with E-state index >= 15 is 0 Å². The monoisotopic (exact) mass is 265 g/mol. The third-order valence-corrected chi connectivity index (χ3v) is 2.46. The molecule has 0 spiro atoms. The topological polar surface area (TPSA) is 47.6 Å². The molecule has 0 aliphatic rings. The number of esters is 1. The Balaban J connectivity index is 2.38. The van der Waals surface area contributed by atoms with Crippen molar-refractivity contribution in [2.24, 2.45) is 0 Å².